The first-order valence-corrected chi connectivity index (χ1v) is 8.23. The van der Waals surface area contributed by atoms with E-state index in [0.29, 0.717) is 11.9 Å². The number of ether oxygens (including phenoxy) is 5. The van der Waals surface area contributed by atoms with Crippen molar-refractivity contribution in [3.05, 3.63) is 0 Å². The summed E-state index contributed by atoms with van der Waals surface area (Å²) < 4.78 is 26.8. The monoisotopic (exact) mass is 396 g/mol. The van der Waals surface area contributed by atoms with Crippen LogP contribution in [-0.2, 0) is 38.1 Å². The molecule has 1 rings (SSSR count). The molecule has 0 spiro atoms. The number of hydrogen-bond donors (Lipinski definition) is 0. The van der Waals surface area contributed by atoms with Crippen LogP contribution >= 0.6 is 15.9 Å². The molecule has 9 heteroatoms. The van der Waals surface area contributed by atoms with Crippen LogP contribution < -0.4 is 0 Å². The summed E-state index contributed by atoms with van der Waals surface area (Å²) in [5.74, 6) is -1.76. The third-order valence-electron chi connectivity index (χ3n) is 2.99. The van der Waals surface area contributed by atoms with E-state index in [-0.39, 0.29) is 0 Å². The van der Waals surface area contributed by atoms with Crippen LogP contribution in [0.15, 0.2) is 0 Å². The van der Waals surface area contributed by atoms with Crippen LogP contribution in [0.3, 0.4) is 0 Å². The Bertz CT molecular complexity index is 440. The molecule has 1 aliphatic heterocycles. The van der Waals surface area contributed by atoms with Gasteiger partial charge in [-0.25, -0.2) is 0 Å². The fraction of sp³-hybridized carbons (Fsp3) is 0.786. The second kappa shape index (κ2) is 9.19. The van der Waals surface area contributed by atoms with Gasteiger partial charge in [-0.3, -0.25) is 14.4 Å². The molecule has 0 aromatic heterocycles. The lowest BCUT2D eigenvalue weighted by atomic mass is 9.99. The van der Waals surface area contributed by atoms with Gasteiger partial charge in [0.15, 0.2) is 24.6 Å². The molecule has 5 atom stereocenters. The van der Waals surface area contributed by atoms with Crippen molar-refractivity contribution in [1.29, 1.82) is 0 Å². The van der Waals surface area contributed by atoms with Gasteiger partial charge in [-0.05, 0) is 6.92 Å². The highest BCUT2D eigenvalue weighted by Crippen LogP contribution is 2.29. The zero-order chi connectivity index (χ0) is 17.6. The highest BCUT2D eigenvalue weighted by atomic mass is 79.9. The van der Waals surface area contributed by atoms with E-state index in [9.17, 15) is 14.4 Å². The number of esters is 3. The van der Waals surface area contributed by atoms with Crippen molar-refractivity contribution in [3.8, 4) is 0 Å². The third kappa shape index (κ3) is 6.08. The van der Waals surface area contributed by atoms with Crippen LogP contribution in [0, 0.1) is 0 Å². The molecule has 8 nitrogen and oxygen atoms in total. The summed E-state index contributed by atoms with van der Waals surface area (Å²) in [6.45, 7) is 5.60. The summed E-state index contributed by atoms with van der Waals surface area (Å²) >= 11 is 3.22. The Morgan fingerprint density at radius 3 is 1.87 bits per heavy atom. The van der Waals surface area contributed by atoms with Gasteiger partial charge in [-0.2, -0.15) is 0 Å². The molecular formula is C14H21BrO8. The quantitative estimate of drug-likeness (QED) is 0.371. The van der Waals surface area contributed by atoms with Crippen molar-refractivity contribution in [1.82, 2.24) is 0 Å². The molecule has 1 fully saturated rings. The second-order valence-corrected chi connectivity index (χ2v) is 5.78. The van der Waals surface area contributed by atoms with Crippen molar-refractivity contribution in [2.45, 2.75) is 58.4 Å². The number of carbonyl (C=O) groups excluding carboxylic acids is 3. The molecule has 0 aliphatic carbocycles. The van der Waals surface area contributed by atoms with E-state index < -0.39 is 48.6 Å². The van der Waals surface area contributed by atoms with Gasteiger partial charge in [0.25, 0.3) is 0 Å². The lowest BCUT2D eigenvalue weighted by Gasteiger charge is -2.43. The first-order valence-electron chi connectivity index (χ1n) is 7.11. The first-order chi connectivity index (χ1) is 10.8. The van der Waals surface area contributed by atoms with Crippen molar-refractivity contribution in [3.63, 3.8) is 0 Å². The Morgan fingerprint density at radius 1 is 0.913 bits per heavy atom. The van der Waals surface area contributed by atoms with Gasteiger partial charge in [0.2, 0.25) is 0 Å². The second-order valence-electron chi connectivity index (χ2n) is 4.99. The minimum absolute atomic E-state index is 0.292. The maximum absolute atomic E-state index is 11.4. The van der Waals surface area contributed by atoms with Crippen LogP contribution in [0.25, 0.3) is 0 Å². The average Bonchev–Trinajstić information content (AvgIpc) is 2.42. The van der Waals surface area contributed by atoms with Crippen molar-refractivity contribution >= 4 is 33.8 Å². The molecule has 23 heavy (non-hydrogen) atoms. The molecule has 132 valence electrons. The van der Waals surface area contributed by atoms with E-state index in [4.69, 9.17) is 23.7 Å². The fourth-order valence-electron chi connectivity index (χ4n) is 2.26. The standard InChI is InChI=1S/C14H21BrO8/c1-7-11(21-8(2)16)12(22-9(3)17)13(23-10(4)18)14(20-7)19-6-5-15/h7,11-14H,5-6H2,1-4H3/t7?,11-,12?,13-,14-/m1/s1. The molecule has 2 unspecified atom stereocenters. The largest absolute Gasteiger partial charge is 0.456 e. The van der Waals surface area contributed by atoms with Crippen molar-refractivity contribution < 1.29 is 38.1 Å². The maximum Gasteiger partial charge on any atom is 0.303 e. The number of carbonyl (C=O) groups is 3. The Balaban J connectivity index is 3.08. The van der Waals surface area contributed by atoms with Gasteiger partial charge in [-0.1, -0.05) is 15.9 Å². The number of hydrogen-bond acceptors (Lipinski definition) is 8. The molecule has 0 saturated carbocycles. The summed E-state index contributed by atoms with van der Waals surface area (Å²) in [6, 6.07) is 0. The predicted octanol–water partition coefficient (Wildman–Crippen LogP) is 0.938. The lowest BCUT2D eigenvalue weighted by Crippen LogP contribution is -2.61. The van der Waals surface area contributed by atoms with E-state index in [2.05, 4.69) is 15.9 Å². The van der Waals surface area contributed by atoms with Gasteiger partial charge in [0, 0.05) is 26.1 Å². The summed E-state index contributed by atoms with van der Waals surface area (Å²) in [4.78, 5) is 34.1. The Labute approximate surface area is 142 Å². The minimum atomic E-state index is -1.05. The molecule has 1 saturated heterocycles. The topological polar surface area (TPSA) is 97.4 Å². The summed E-state index contributed by atoms with van der Waals surface area (Å²) in [5, 5.41) is 0.541. The highest BCUT2D eigenvalue weighted by Gasteiger charge is 2.50. The third-order valence-corrected chi connectivity index (χ3v) is 3.32. The minimum Gasteiger partial charge on any atom is -0.456 e. The van der Waals surface area contributed by atoms with Crippen molar-refractivity contribution in [2.24, 2.45) is 0 Å². The summed E-state index contributed by atoms with van der Waals surface area (Å²) in [5.41, 5.74) is 0. The van der Waals surface area contributed by atoms with E-state index in [1.54, 1.807) is 6.92 Å². The van der Waals surface area contributed by atoms with Gasteiger partial charge in [0.1, 0.15) is 0 Å². The van der Waals surface area contributed by atoms with Crippen molar-refractivity contribution in [2.75, 3.05) is 11.9 Å². The fourth-order valence-corrected chi connectivity index (χ4v) is 2.45. The van der Waals surface area contributed by atoms with E-state index >= 15 is 0 Å². The van der Waals surface area contributed by atoms with Crippen LogP contribution in [-0.4, -0.2) is 60.6 Å². The Morgan fingerprint density at radius 2 is 1.39 bits per heavy atom. The summed E-state index contributed by atoms with van der Waals surface area (Å²) in [7, 11) is 0. The van der Waals surface area contributed by atoms with E-state index in [0.717, 1.165) is 0 Å². The molecule has 1 aliphatic rings. The molecule has 0 bridgehead atoms. The van der Waals surface area contributed by atoms with Gasteiger partial charge in [0.05, 0.1) is 12.7 Å². The molecule has 1 heterocycles. The molecule has 0 amide bonds. The Kier molecular flexibility index (Phi) is 7.93. The van der Waals surface area contributed by atoms with Crippen LogP contribution in [0.2, 0.25) is 0 Å². The number of alkyl halides is 1. The maximum atomic E-state index is 11.4. The van der Waals surface area contributed by atoms with E-state index in [1.165, 1.54) is 20.8 Å². The number of rotatable bonds is 6. The Hall–Kier alpha value is -1.19. The van der Waals surface area contributed by atoms with Crippen LogP contribution in [0.5, 0.6) is 0 Å². The summed E-state index contributed by atoms with van der Waals surface area (Å²) in [6.07, 6.45) is -4.54. The van der Waals surface area contributed by atoms with Gasteiger partial charge >= 0.3 is 17.9 Å². The van der Waals surface area contributed by atoms with Crippen LogP contribution in [0.4, 0.5) is 0 Å². The smallest absolute Gasteiger partial charge is 0.303 e. The average molecular weight is 397 g/mol. The van der Waals surface area contributed by atoms with Crippen LogP contribution in [0.1, 0.15) is 27.7 Å². The zero-order valence-corrected chi connectivity index (χ0v) is 15.0. The number of halogens is 1. The predicted molar refractivity (Wildman–Crippen MR) is 80.7 cm³/mol. The normalized spacial score (nSPS) is 30.4. The molecule has 0 aromatic rings. The van der Waals surface area contributed by atoms with E-state index in [1.807, 2.05) is 0 Å². The SMILES string of the molecule is CC(=O)OC1[C@H](OC(C)=O)C(C)O[C@@H](OCCBr)[C@@H]1OC(C)=O. The molecule has 0 aromatic carbocycles. The first kappa shape index (κ1) is 19.9. The van der Waals surface area contributed by atoms with Gasteiger partial charge < -0.3 is 23.7 Å². The molecule has 0 N–H and O–H groups in total. The van der Waals surface area contributed by atoms with Gasteiger partial charge in [-0.15, -0.1) is 0 Å². The highest BCUT2D eigenvalue weighted by molar-refractivity contribution is 9.09. The molecule has 0 radical (unpaired) electrons. The molecular weight excluding hydrogens is 376 g/mol. The zero-order valence-electron chi connectivity index (χ0n) is 13.4. The lowest BCUT2D eigenvalue weighted by molar-refractivity contribution is -0.299.